The Morgan fingerprint density at radius 1 is 1.62 bits per heavy atom. The molecule has 1 heterocycles. The minimum atomic E-state index is 0.281. The Morgan fingerprint density at radius 3 is 3.00 bits per heavy atom. The Morgan fingerprint density at radius 2 is 2.46 bits per heavy atom. The van der Waals surface area contributed by atoms with Crippen molar-refractivity contribution in [3.8, 4) is 0 Å². The third kappa shape index (κ3) is 1.54. The molecule has 0 N–H and O–H groups in total. The van der Waals surface area contributed by atoms with Gasteiger partial charge >= 0.3 is 0 Å². The number of imidazole rings is 1. The molecule has 0 atom stereocenters. The van der Waals surface area contributed by atoms with Crippen LogP contribution in [-0.4, -0.2) is 15.3 Å². The van der Waals surface area contributed by atoms with E-state index in [0.29, 0.717) is 12.8 Å². The van der Waals surface area contributed by atoms with Gasteiger partial charge < -0.3 is 4.57 Å². The summed E-state index contributed by atoms with van der Waals surface area (Å²) in [6.07, 6.45) is 7.95. The molecule has 0 unspecified atom stereocenters. The molecule has 0 amide bonds. The van der Waals surface area contributed by atoms with Gasteiger partial charge in [-0.1, -0.05) is 6.08 Å². The molecule has 0 saturated heterocycles. The molecule has 1 aliphatic carbocycles. The van der Waals surface area contributed by atoms with Crippen molar-refractivity contribution in [3.63, 3.8) is 0 Å². The second kappa shape index (κ2) is 3.17. The number of carbonyl (C=O) groups excluding carboxylic acids is 1. The van der Waals surface area contributed by atoms with Gasteiger partial charge in [-0.25, -0.2) is 4.98 Å². The number of ketones is 1. The quantitative estimate of drug-likeness (QED) is 0.679. The third-order valence-electron chi connectivity index (χ3n) is 2.39. The number of aromatic nitrogens is 2. The van der Waals surface area contributed by atoms with Crippen LogP contribution in [0.2, 0.25) is 0 Å². The zero-order valence-electron chi connectivity index (χ0n) is 7.66. The van der Waals surface area contributed by atoms with E-state index < -0.39 is 0 Å². The lowest BCUT2D eigenvalue weighted by Crippen LogP contribution is -2.04. The summed E-state index contributed by atoms with van der Waals surface area (Å²) >= 11 is 0. The lowest BCUT2D eigenvalue weighted by molar-refractivity contribution is -0.115. The van der Waals surface area contributed by atoms with Crippen molar-refractivity contribution in [2.24, 2.45) is 7.05 Å². The second-order valence-corrected chi connectivity index (χ2v) is 3.32. The van der Waals surface area contributed by atoms with Crippen molar-refractivity contribution in [2.75, 3.05) is 0 Å². The molecule has 1 aliphatic rings. The number of nitrogens with zero attached hydrogens (tertiary/aromatic N) is 2. The standard InChI is InChI=1S/C10H12N2O/c1-12-6-5-11-10(12)7-8-3-2-4-9(8)13/h3,5-6H,2,4,7H2,1H3. The minimum absolute atomic E-state index is 0.281. The SMILES string of the molecule is Cn1ccnc1CC1=CCCC1=O. The van der Waals surface area contributed by atoms with Gasteiger partial charge in [0.05, 0.1) is 0 Å². The summed E-state index contributed by atoms with van der Waals surface area (Å²) in [6.45, 7) is 0. The van der Waals surface area contributed by atoms with Crippen LogP contribution in [0.1, 0.15) is 18.7 Å². The number of rotatable bonds is 2. The zero-order valence-corrected chi connectivity index (χ0v) is 7.66. The normalized spacial score (nSPS) is 16.4. The molecule has 0 aromatic carbocycles. The van der Waals surface area contributed by atoms with E-state index >= 15 is 0 Å². The maximum atomic E-state index is 11.3. The first-order valence-corrected chi connectivity index (χ1v) is 4.46. The molecular weight excluding hydrogens is 164 g/mol. The van der Waals surface area contributed by atoms with E-state index in [-0.39, 0.29) is 5.78 Å². The maximum absolute atomic E-state index is 11.3. The van der Waals surface area contributed by atoms with Crippen LogP contribution in [0, 0.1) is 0 Å². The van der Waals surface area contributed by atoms with E-state index in [9.17, 15) is 4.79 Å². The van der Waals surface area contributed by atoms with Gasteiger partial charge in [-0.05, 0) is 12.0 Å². The summed E-state index contributed by atoms with van der Waals surface area (Å²) in [5.74, 6) is 1.24. The van der Waals surface area contributed by atoms with Crippen LogP contribution in [0.3, 0.4) is 0 Å². The number of aryl methyl sites for hydroxylation is 1. The summed E-state index contributed by atoms with van der Waals surface area (Å²) in [7, 11) is 1.95. The van der Waals surface area contributed by atoms with Crippen LogP contribution in [0.15, 0.2) is 24.0 Å². The topological polar surface area (TPSA) is 34.9 Å². The van der Waals surface area contributed by atoms with Gasteiger partial charge in [-0.2, -0.15) is 0 Å². The molecule has 1 aromatic heterocycles. The monoisotopic (exact) mass is 176 g/mol. The zero-order chi connectivity index (χ0) is 9.26. The molecular formula is C10H12N2O. The molecule has 0 saturated carbocycles. The average molecular weight is 176 g/mol. The molecule has 3 heteroatoms. The molecule has 68 valence electrons. The van der Waals surface area contributed by atoms with E-state index in [1.165, 1.54) is 0 Å². The highest BCUT2D eigenvalue weighted by Crippen LogP contribution is 2.17. The first-order valence-electron chi connectivity index (χ1n) is 4.46. The fraction of sp³-hybridized carbons (Fsp3) is 0.400. The molecule has 13 heavy (non-hydrogen) atoms. The highest BCUT2D eigenvalue weighted by Gasteiger charge is 2.16. The molecule has 0 radical (unpaired) electrons. The maximum Gasteiger partial charge on any atom is 0.159 e. The van der Waals surface area contributed by atoms with Gasteiger partial charge in [-0.15, -0.1) is 0 Å². The molecule has 0 bridgehead atoms. The van der Waals surface area contributed by atoms with Crippen molar-refractivity contribution in [1.82, 2.24) is 9.55 Å². The van der Waals surface area contributed by atoms with Crippen molar-refractivity contribution < 1.29 is 4.79 Å². The van der Waals surface area contributed by atoms with Crippen LogP contribution in [-0.2, 0) is 18.3 Å². The van der Waals surface area contributed by atoms with Gasteiger partial charge in [0.15, 0.2) is 5.78 Å². The number of hydrogen-bond acceptors (Lipinski definition) is 2. The molecule has 2 rings (SSSR count). The number of carbonyl (C=O) groups is 1. The largest absolute Gasteiger partial charge is 0.338 e. The van der Waals surface area contributed by atoms with Crippen LogP contribution < -0.4 is 0 Å². The van der Waals surface area contributed by atoms with E-state index in [0.717, 1.165) is 17.8 Å². The summed E-state index contributed by atoms with van der Waals surface area (Å²) < 4.78 is 1.95. The predicted octanol–water partition coefficient (Wildman–Crippen LogP) is 1.25. The predicted molar refractivity (Wildman–Crippen MR) is 49.2 cm³/mol. The van der Waals surface area contributed by atoms with E-state index in [4.69, 9.17) is 0 Å². The second-order valence-electron chi connectivity index (χ2n) is 3.32. The van der Waals surface area contributed by atoms with Crippen LogP contribution in [0.4, 0.5) is 0 Å². The third-order valence-corrected chi connectivity index (χ3v) is 2.39. The smallest absolute Gasteiger partial charge is 0.159 e. The van der Waals surface area contributed by atoms with Crippen molar-refractivity contribution >= 4 is 5.78 Å². The Labute approximate surface area is 77.1 Å². The van der Waals surface area contributed by atoms with Gasteiger partial charge in [0, 0.05) is 32.3 Å². The lowest BCUT2D eigenvalue weighted by atomic mass is 10.1. The minimum Gasteiger partial charge on any atom is -0.338 e. The summed E-state index contributed by atoms with van der Waals surface area (Å²) in [5.41, 5.74) is 0.925. The summed E-state index contributed by atoms with van der Waals surface area (Å²) in [6, 6.07) is 0. The van der Waals surface area contributed by atoms with E-state index in [1.54, 1.807) is 6.20 Å². The molecule has 0 aliphatic heterocycles. The number of hydrogen-bond donors (Lipinski definition) is 0. The highest BCUT2D eigenvalue weighted by molar-refractivity contribution is 5.97. The molecule has 0 fully saturated rings. The Bertz CT molecular complexity index is 363. The molecule has 1 aromatic rings. The Balaban J connectivity index is 2.15. The summed E-state index contributed by atoms with van der Waals surface area (Å²) in [4.78, 5) is 15.5. The highest BCUT2D eigenvalue weighted by atomic mass is 16.1. The van der Waals surface area contributed by atoms with Gasteiger partial charge in [0.1, 0.15) is 5.82 Å². The number of Topliss-reactive ketones (excluding diaryl/α,β-unsaturated/α-hetero) is 1. The summed E-state index contributed by atoms with van der Waals surface area (Å²) in [5, 5.41) is 0. The number of allylic oxidation sites excluding steroid dienone is 2. The molecule has 0 spiro atoms. The van der Waals surface area contributed by atoms with Crippen LogP contribution in [0.5, 0.6) is 0 Å². The Hall–Kier alpha value is -1.38. The fourth-order valence-corrected chi connectivity index (χ4v) is 1.56. The molecule has 3 nitrogen and oxygen atoms in total. The van der Waals surface area contributed by atoms with E-state index in [2.05, 4.69) is 4.98 Å². The van der Waals surface area contributed by atoms with Crippen molar-refractivity contribution in [3.05, 3.63) is 29.9 Å². The first-order chi connectivity index (χ1) is 6.27. The van der Waals surface area contributed by atoms with Crippen molar-refractivity contribution in [1.29, 1.82) is 0 Å². The van der Waals surface area contributed by atoms with Gasteiger partial charge in [-0.3, -0.25) is 4.79 Å². The Kier molecular flexibility index (Phi) is 2.00. The lowest BCUT2D eigenvalue weighted by Gasteiger charge is -2.00. The van der Waals surface area contributed by atoms with Gasteiger partial charge in [0.25, 0.3) is 0 Å². The average Bonchev–Trinajstić information content (AvgIpc) is 2.65. The first kappa shape index (κ1) is 8.23. The van der Waals surface area contributed by atoms with Crippen LogP contribution >= 0.6 is 0 Å². The van der Waals surface area contributed by atoms with Crippen LogP contribution in [0.25, 0.3) is 0 Å². The van der Waals surface area contributed by atoms with Gasteiger partial charge in [0.2, 0.25) is 0 Å². The van der Waals surface area contributed by atoms with Crippen molar-refractivity contribution in [2.45, 2.75) is 19.3 Å². The van der Waals surface area contributed by atoms with E-state index in [1.807, 2.05) is 23.9 Å². The fourth-order valence-electron chi connectivity index (χ4n) is 1.56.